The van der Waals surface area contributed by atoms with Crippen LogP contribution in [0.1, 0.15) is 42.0 Å². The van der Waals surface area contributed by atoms with Crippen LogP contribution in [-0.2, 0) is 9.59 Å². The SMILES string of the molecule is C.CC.CC(=O)C(N)C(C)(C)C(=O)O. The number of hydrogen-bond acceptors (Lipinski definition) is 3. The second-order valence-electron chi connectivity index (χ2n) is 3.12. The van der Waals surface area contributed by atoms with Crippen molar-refractivity contribution in [3.8, 4) is 0 Å². The first-order valence-electron chi connectivity index (χ1n) is 4.29. The molecule has 0 rings (SSSR count). The molecule has 1 atom stereocenters. The first kappa shape index (κ1) is 18.8. The van der Waals surface area contributed by atoms with Gasteiger partial charge in [0.1, 0.15) is 5.78 Å². The summed E-state index contributed by atoms with van der Waals surface area (Å²) in [5.41, 5.74) is 4.19. The lowest BCUT2D eigenvalue weighted by Gasteiger charge is -2.24. The van der Waals surface area contributed by atoms with Crippen LogP contribution in [0.5, 0.6) is 0 Å². The number of carboxylic acids is 1. The summed E-state index contributed by atoms with van der Waals surface area (Å²) in [6.07, 6.45) is 0. The summed E-state index contributed by atoms with van der Waals surface area (Å²) in [6, 6.07) is -0.931. The summed E-state index contributed by atoms with van der Waals surface area (Å²) < 4.78 is 0. The Hall–Kier alpha value is -0.900. The standard InChI is InChI=1S/C7H13NO3.C2H6.CH4/c1-4(9)5(8)7(2,3)6(10)11;1-2;/h5H,8H2,1-3H3,(H,10,11);1-2H3;1H4. The molecule has 0 fully saturated rings. The summed E-state index contributed by atoms with van der Waals surface area (Å²) >= 11 is 0. The lowest BCUT2D eigenvalue weighted by atomic mass is 9.83. The van der Waals surface area contributed by atoms with Crippen LogP contribution in [0.4, 0.5) is 0 Å². The smallest absolute Gasteiger partial charge is 0.311 e. The first-order valence-corrected chi connectivity index (χ1v) is 4.29. The summed E-state index contributed by atoms with van der Waals surface area (Å²) in [5, 5.41) is 8.63. The minimum absolute atomic E-state index is 0. The van der Waals surface area contributed by atoms with Gasteiger partial charge < -0.3 is 10.8 Å². The number of carboxylic acid groups (broad SMARTS) is 1. The molecule has 0 amide bonds. The number of nitrogens with two attached hydrogens (primary N) is 1. The van der Waals surface area contributed by atoms with Crippen molar-refractivity contribution >= 4 is 11.8 Å². The fraction of sp³-hybridized carbons (Fsp3) is 0.800. The van der Waals surface area contributed by atoms with Crippen molar-refractivity contribution in [1.29, 1.82) is 0 Å². The van der Waals surface area contributed by atoms with E-state index in [0.29, 0.717) is 0 Å². The van der Waals surface area contributed by atoms with Crippen LogP contribution in [0.25, 0.3) is 0 Å². The van der Waals surface area contributed by atoms with Gasteiger partial charge in [-0.25, -0.2) is 0 Å². The van der Waals surface area contributed by atoms with Gasteiger partial charge in [0, 0.05) is 0 Å². The van der Waals surface area contributed by atoms with Crippen LogP contribution >= 0.6 is 0 Å². The highest BCUT2D eigenvalue weighted by Gasteiger charge is 2.36. The molecule has 4 nitrogen and oxygen atoms in total. The van der Waals surface area contributed by atoms with Crippen molar-refractivity contribution < 1.29 is 14.7 Å². The molecule has 1 unspecified atom stereocenters. The lowest BCUT2D eigenvalue weighted by Crippen LogP contribution is -2.47. The minimum atomic E-state index is -1.17. The molecular formula is C10H23NO3. The van der Waals surface area contributed by atoms with Gasteiger partial charge in [0.25, 0.3) is 0 Å². The van der Waals surface area contributed by atoms with Crippen LogP contribution in [-0.4, -0.2) is 22.9 Å². The number of carbonyl (C=O) groups is 2. The van der Waals surface area contributed by atoms with Crippen LogP contribution in [0, 0.1) is 5.41 Å². The molecule has 0 aromatic rings. The molecular weight excluding hydrogens is 182 g/mol. The minimum Gasteiger partial charge on any atom is -0.481 e. The van der Waals surface area contributed by atoms with Crippen molar-refractivity contribution in [2.24, 2.45) is 11.1 Å². The molecule has 3 N–H and O–H groups in total. The van der Waals surface area contributed by atoms with Gasteiger partial charge in [0.2, 0.25) is 0 Å². The second-order valence-corrected chi connectivity index (χ2v) is 3.12. The molecule has 0 aromatic carbocycles. The van der Waals surface area contributed by atoms with Crippen LogP contribution in [0.3, 0.4) is 0 Å². The average molecular weight is 205 g/mol. The predicted octanol–water partition coefficient (Wildman–Crippen LogP) is 1.68. The van der Waals surface area contributed by atoms with E-state index in [1.807, 2.05) is 13.8 Å². The lowest BCUT2D eigenvalue weighted by molar-refractivity contribution is -0.150. The van der Waals surface area contributed by atoms with Gasteiger partial charge in [-0.2, -0.15) is 0 Å². The van der Waals surface area contributed by atoms with E-state index in [2.05, 4.69) is 0 Å². The zero-order valence-corrected chi connectivity index (χ0v) is 8.92. The third-order valence-corrected chi connectivity index (χ3v) is 1.77. The van der Waals surface area contributed by atoms with Gasteiger partial charge in [-0.1, -0.05) is 21.3 Å². The van der Waals surface area contributed by atoms with E-state index in [1.54, 1.807) is 0 Å². The van der Waals surface area contributed by atoms with Crippen molar-refractivity contribution in [3.63, 3.8) is 0 Å². The topological polar surface area (TPSA) is 80.4 Å². The molecule has 14 heavy (non-hydrogen) atoms. The molecule has 0 bridgehead atoms. The third kappa shape index (κ3) is 4.97. The largest absolute Gasteiger partial charge is 0.481 e. The van der Waals surface area contributed by atoms with Gasteiger partial charge in [0.05, 0.1) is 11.5 Å². The van der Waals surface area contributed by atoms with Crippen LogP contribution in [0.15, 0.2) is 0 Å². The number of rotatable bonds is 3. The van der Waals surface area contributed by atoms with Gasteiger partial charge in [0.15, 0.2) is 0 Å². The molecule has 0 saturated heterocycles. The maximum atomic E-state index is 10.7. The summed E-state index contributed by atoms with van der Waals surface area (Å²) in [4.78, 5) is 21.2. The quantitative estimate of drug-likeness (QED) is 0.734. The van der Waals surface area contributed by atoms with E-state index in [1.165, 1.54) is 20.8 Å². The van der Waals surface area contributed by atoms with E-state index in [9.17, 15) is 9.59 Å². The van der Waals surface area contributed by atoms with E-state index < -0.39 is 17.4 Å². The normalized spacial score (nSPS) is 11.6. The average Bonchev–Trinajstić information content (AvgIpc) is 2.06. The molecule has 0 saturated carbocycles. The molecule has 4 heteroatoms. The van der Waals surface area contributed by atoms with Crippen molar-refractivity contribution in [1.82, 2.24) is 0 Å². The Morgan fingerprint density at radius 3 is 1.64 bits per heavy atom. The van der Waals surface area contributed by atoms with Crippen LogP contribution < -0.4 is 5.73 Å². The van der Waals surface area contributed by atoms with Gasteiger partial charge >= 0.3 is 5.97 Å². The van der Waals surface area contributed by atoms with E-state index >= 15 is 0 Å². The molecule has 0 radical (unpaired) electrons. The fourth-order valence-electron chi connectivity index (χ4n) is 0.641. The van der Waals surface area contributed by atoms with Gasteiger partial charge in [-0.3, -0.25) is 9.59 Å². The Bertz CT molecular complexity index is 188. The van der Waals surface area contributed by atoms with Crippen molar-refractivity contribution in [2.45, 2.75) is 48.1 Å². The number of hydrogen-bond donors (Lipinski definition) is 2. The predicted molar refractivity (Wildman–Crippen MR) is 58.2 cm³/mol. The van der Waals surface area contributed by atoms with E-state index in [4.69, 9.17) is 10.8 Å². The highest BCUT2D eigenvalue weighted by molar-refractivity contribution is 5.89. The van der Waals surface area contributed by atoms with Crippen LogP contribution in [0.2, 0.25) is 0 Å². The molecule has 86 valence electrons. The number of ketones is 1. The highest BCUT2D eigenvalue weighted by Crippen LogP contribution is 2.19. The fourth-order valence-corrected chi connectivity index (χ4v) is 0.641. The first-order chi connectivity index (χ1) is 5.80. The Morgan fingerprint density at radius 2 is 1.57 bits per heavy atom. The van der Waals surface area contributed by atoms with Crippen molar-refractivity contribution in [3.05, 3.63) is 0 Å². The van der Waals surface area contributed by atoms with Crippen molar-refractivity contribution in [2.75, 3.05) is 0 Å². The Morgan fingerprint density at radius 1 is 1.29 bits per heavy atom. The van der Waals surface area contributed by atoms with E-state index in [0.717, 1.165) is 0 Å². The van der Waals surface area contributed by atoms with E-state index in [-0.39, 0.29) is 13.2 Å². The maximum Gasteiger partial charge on any atom is 0.311 e. The highest BCUT2D eigenvalue weighted by atomic mass is 16.4. The maximum absolute atomic E-state index is 10.7. The Balaban J connectivity index is -0.000000376. The number of Topliss-reactive ketones (excluding diaryl/α,β-unsaturated/α-hetero) is 1. The number of aliphatic carboxylic acids is 1. The zero-order chi connectivity index (χ0) is 11.2. The molecule has 0 aliphatic carbocycles. The van der Waals surface area contributed by atoms with Gasteiger partial charge in [-0.15, -0.1) is 0 Å². The monoisotopic (exact) mass is 205 g/mol. The third-order valence-electron chi connectivity index (χ3n) is 1.77. The molecule has 0 spiro atoms. The second kappa shape index (κ2) is 7.50. The van der Waals surface area contributed by atoms with Gasteiger partial charge in [-0.05, 0) is 20.8 Å². The Kier molecular flexibility index (Phi) is 10.1. The molecule has 0 aliphatic heterocycles. The Labute approximate surface area is 86.5 Å². The molecule has 0 aliphatic rings. The molecule has 0 aromatic heterocycles. The summed E-state index contributed by atoms with van der Waals surface area (Å²) in [6.45, 7) is 8.15. The summed E-state index contributed by atoms with van der Waals surface area (Å²) in [7, 11) is 0. The summed E-state index contributed by atoms with van der Waals surface area (Å²) in [5.74, 6) is -1.36. The zero-order valence-electron chi connectivity index (χ0n) is 8.92. The molecule has 0 heterocycles. The number of carbonyl (C=O) groups excluding carboxylic acids is 1.